The molecule has 0 fully saturated rings. The van der Waals surface area contributed by atoms with Gasteiger partial charge in [0, 0.05) is 0 Å². The summed E-state index contributed by atoms with van der Waals surface area (Å²) in [5, 5.41) is 2.63. The maximum absolute atomic E-state index is 11.7. The van der Waals surface area contributed by atoms with Crippen LogP contribution in [0.4, 0.5) is 10.7 Å². The van der Waals surface area contributed by atoms with Gasteiger partial charge < -0.3 is 9.72 Å². The number of imidazole rings is 1. The first-order valence-corrected chi connectivity index (χ1v) is 7.58. The van der Waals surface area contributed by atoms with Crippen molar-refractivity contribution in [3.63, 3.8) is 0 Å². The number of rotatable bonds is 6. The molecule has 1 atom stereocenters. The van der Waals surface area contributed by atoms with Crippen molar-refractivity contribution in [2.45, 2.75) is 52.6 Å². The fourth-order valence-corrected chi connectivity index (χ4v) is 2.04. The summed E-state index contributed by atoms with van der Waals surface area (Å²) >= 11 is 0. The number of ether oxygens (including phenoxy) is 1. The van der Waals surface area contributed by atoms with E-state index >= 15 is 0 Å². The van der Waals surface area contributed by atoms with Crippen molar-refractivity contribution in [3.8, 4) is 0 Å². The molecule has 1 aromatic carbocycles. The Balaban J connectivity index is 2.06. The second-order valence-corrected chi connectivity index (χ2v) is 5.29. The van der Waals surface area contributed by atoms with Gasteiger partial charge in [-0.1, -0.05) is 26.3 Å². The molecule has 0 aliphatic carbocycles. The third kappa shape index (κ3) is 4.21. The minimum Gasteiger partial charge on any atom is -0.446 e. The molecule has 0 spiro atoms. The molecule has 1 aromatic heterocycles. The van der Waals surface area contributed by atoms with Crippen LogP contribution in [0.2, 0.25) is 0 Å². The Hall–Kier alpha value is -2.04. The lowest BCUT2D eigenvalue weighted by atomic mass is 10.1. The van der Waals surface area contributed by atoms with Crippen LogP contribution >= 0.6 is 0 Å². The van der Waals surface area contributed by atoms with Gasteiger partial charge in [-0.05, 0) is 43.9 Å². The van der Waals surface area contributed by atoms with Gasteiger partial charge in [-0.15, -0.1) is 0 Å². The number of aromatic amines is 1. The van der Waals surface area contributed by atoms with Crippen molar-refractivity contribution in [1.82, 2.24) is 9.97 Å². The van der Waals surface area contributed by atoms with Crippen molar-refractivity contribution in [1.29, 1.82) is 0 Å². The number of carbonyl (C=O) groups is 1. The smallest absolute Gasteiger partial charge is 0.414 e. The Bertz CT molecular complexity index is 607. The van der Waals surface area contributed by atoms with Gasteiger partial charge in [0.15, 0.2) is 0 Å². The average molecular weight is 289 g/mol. The van der Waals surface area contributed by atoms with Crippen molar-refractivity contribution in [2.75, 3.05) is 5.32 Å². The quantitative estimate of drug-likeness (QED) is 0.835. The number of aryl methyl sites for hydroxylation is 1. The predicted octanol–water partition coefficient (Wildman–Crippen LogP) is 4.25. The van der Waals surface area contributed by atoms with Gasteiger partial charge in [-0.3, -0.25) is 5.32 Å². The largest absolute Gasteiger partial charge is 0.446 e. The molecular weight excluding hydrogens is 266 g/mol. The molecule has 2 rings (SSSR count). The van der Waals surface area contributed by atoms with Gasteiger partial charge in [-0.25, -0.2) is 9.78 Å². The van der Waals surface area contributed by atoms with Crippen molar-refractivity contribution in [2.24, 2.45) is 0 Å². The Morgan fingerprint density at radius 1 is 1.43 bits per heavy atom. The van der Waals surface area contributed by atoms with Crippen molar-refractivity contribution < 1.29 is 9.53 Å². The summed E-state index contributed by atoms with van der Waals surface area (Å²) < 4.78 is 5.17. The summed E-state index contributed by atoms with van der Waals surface area (Å²) in [6.07, 6.45) is 3.62. The second kappa shape index (κ2) is 7.11. The van der Waals surface area contributed by atoms with E-state index in [-0.39, 0.29) is 6.10 Å². The maximum Gasteiger partial charge on any atom is 0.414 e. The topological polar surface area (TPSA) is 67.0 Å². The van der Waals surface area contributed by atoms with Gasteiger partial charge in [-0.2, -0.15) is 0 Å². The number of anilines is 1. The van der Waals surface area contributed by atoms with E-state index in [1.807, 2.05) is 19.9 Å². The Labute approximate surface area is 125 Å². The van der Waals surface area contributed by atoms with Crippen LogP contribution in [0.5, 0.6) is 0 Å². The molecule has 2 N–H and O–H groups in total. The lowest BCUT2D eigenvalue weighted by Gasteiger charge is -2.10. The molecule has 2 aromatic rings. The number of hydrogen-bond donors (Lipinski definition) is 2. The predicted molar refractivity (Wildman–Crippen MR) is 84.6 cm³/mol. The first-order valence-electron chi connectivity index (χ1n) is 7.58. The van der Waals surface area contributed by atoms with Crippen LogP contribution in [0.25, 0.3) is 11.0 Å². The highest BCUT2D eigenvalue weighted by Crippen LogP contribution is 2.17. The Morgan fingerprint density at radius 3 is 2.95 bits per heavy atom. The number of H-pyrrole nitrogens is 1. The van der Waals surface area contributed by atoms with E-state index in [0.29, 0.717) is 5.95 Å². The number of carbonyl (C=O) groups excluding carboxylic acids is 1. The van der Waals surface area contributed by atoms with Gasteiger partial charge in [0.05, 0.1) is 11.0 Å². The standard InChI is InChI=1S/C16H23N3O2/c1-4-6-7-12-8-9-13-14(10-12)18-15(17-13)19-16(20)21-11(3)5-2/h8-11H,4-7H2,1-3H3,(H2,17,18,19,20). The highest BCUT2D eigenvalue weighted by molar-refractivity contribution is 5.86. The molecule has 5 nitrogen and oxygen atoms in total. The Morgan fingerprint density at radius 2 is 2.24 bits per heavy atom. The zero-order valence-electron chi connectivity index (χ0n) is 12.9. The molecule has 0 saturated heterocycles. The normalized spacial score (nSPS) is 12.3. The third-order valence-corrected chi connectivity index (χ3v) is 3.47. The number of nitrogens with one attached hydrogen (secondary N) is 2. The van der Waals surface area contributed by atoms with E-state index in [1.165, 1.54) is 18.4 Å². The molecule has 0 bridgehead atoms. The molecule has 1 unspecified atom stereocenters. The van der Waals surface area contributed by atoms with Gasteiger partial charge in [0.25, 0.3) is 0 Å². The minimum absolute atomic E-state index is 0.102. The summed E-state index contributed by atoms with van der Waals surface area (Å²) in [6.45, 7) is 6.01. The van der Waals surface area contributed by atoms with E-state index in [9.17, 15) is 4.79 Å². The number of benzene rings is 1. The van der Waals surface area contributed by atoms with Crippen LogP contribution in [0.15, 0.2) is 18.2 Å². The summed E-state index contributed by atoms with van der Waals surface area (Å²) in [4.78, 5) is 19.1. The summed E-state index contributed by atoms with van der Waals surface area (Å²) in [5.74, 6) is 0.422. The monoisotopic (exact) mass is 289 g/mol. The van der Waals surface area contributed by atoms with E-state index < -0.39 is 6.09 Å². The molecule has 0 radical (unpaired) electrons. The zero-order valence-corrected chi connectivity index (χ0v) is 12.9. The lowest BCUT2D eigenvalue weighted by molar-refractivity contribution is 0.118. The summed E-state index contributed by atoms with van der Waals surface area (Å²) in [5.41, 5.74) is 3.05. The zero-order chi connectivity index (χ0) is 15.2. The van der Waals surface area contributed by atoms with Crippen LogP contribution in [-0.4, -0.2) is 22.2 Å². The molecule has 0 aliphatic rings. The lowest BCUT2D eigenvalue weighted by Crippen LogP contribution is -2.20. The maximum atomic E-state index is 11.7. The third-order valence-electron chi connectivity index (χ3n) is 3.47. The fraction of sp³-hybridized carbons (Fsp3) is 0.500. The highest BCUT2D eigenvalue weighted by atomic mass is 16.6. The number of unbranched alkanes of at least 4 members (excludes halogenated alkanes) is 1. The van der Waals surface area contributed by atoms with E-state index in [2.05, 4.69) is 34.3 Å². The molecule has 21 heavy (non-hydrogen) atoms. The van der Waals surface area contributed by atoms with Crippen LogP contribution in [-0.2, 0) is 11.2 Å². The molecule has 1 amide bonds. The van der Waals surface area contributed by atoms with E-state index in [4.69, 9.17) is 4.74 Å². The first kappa shape index (κ1) is 15.4. The van der Waals surface area contributed by atoms with E-state index in [1.54, 1.807) is 0 Å². The first-order chi connectivity index (χ1) is 10.1. The minimum atomic E-state index is -0.477. The van der Waals surface area contributed by atoms with E-state index in [0.717, 1.165) is 23.9 Å². The molecule has 5 heteroatoms. The summed E-state index contributed by atoms with van der Waals surface area (Å²) in [6, 6.07) is 6.14. The van der Waals surface area contributed by atoms with Crippen LogP contribution < -0.4 is 5.32 Å². The number of nitrogens with zero attached hydrogens (tertiary/aromatic N) is 1. The fourth-order valence-electron chi connectivity index (χ4n) is 2.04. The average Bonchev–Trinajstić information content (AvgIpc) is 2.85. The van der Waals surface area contributed by atoms with Crippen molar-refractivity contribution in [3.05, 3.63) is 23.8 Å². The van der Waals surface area contributed by atoms with Crippen LogP contribution in [0, 0.1) is 0 Å². The van der Waals surface area contributed by atoms with Gasteiger partial charge >= 0.3 is 6.09 Å². The molecule has 1 heterocycles. The number of fused-ring (bicyclic) bond motifs is 1. The highest BCUT2D eigenvalue weighted by Gasteiger charge is 2.10. The molecule has 0 aliphatic heterocycles. The number of amides is 1. The number of aromatic nitrogens is 2. The second-order valence-electron chi connectivity index (χ2n) is 5.29. The molecule has 0 saturated carbocycles. The SMILES string of the molecule is CCCCc1ccc2nc(NC(=O)OC(C)CC)[nH]c2c1. The van der Waals surface area contributed by atoms with Gasteiger partial charge in [0.2, 0.25) is 5.95 Å². The van der Waals surface area contributed by atoms with Crippen molar-refractivity contribution >= 4 is 23.1 Å². The summed E-state index contributed by atoms with van der Waals surface area (Å²) in [7, 11) is 0. The number of hydrogen-bond acceptors (Lipinski definition) is 3. The molecule has 114 valence electrons. The van der Waals surface area contributed by atoms with Crippen LogP contribution in [0.1, 0.15) is 45.6 Å². The molecular formula is C16H23N3O2. The van der Waals surface area contributed by atoms with Gasteiger partial charge in [0.1, 0.15) is 6.10 Å². The van der Waals surface area contributed by atoms with Crippen LogP contribution in [0.3, 0.4) is 0 Å². The Kier molecular flexibility index (Phi) is 5.20.